The van der Waals surface area contributed by atoms with E-state index in [2.05, 4.69) is 0 Å². The second kappa shape index (κ2) is 11.6. The van der Waals surface area contributed by atoms with Gasteiger partial charge in [0.05, 0.1) is 38.7 Å². The molecule has 3 aromatic rings. The van der Waals surface area contributed by atoms with Gasteiger partial charge in [-0.2, -0.15) is 5.01 Å². The zero-order chi connectivity index (χ0) is 33.5. The molecule has 2 heterocycles. The summed E-state index contributed by atoms with van der Waals surface area (Å²) in [5, 5.41) is 0.465. The van der Waals surface area contributed by atoms with E-state index in [-0.39, 0.29) is 42.7 Å². The summed E-state index contributed by atoms with van der Waals surface area (Å²) in [5.41, 5.74) is -0.174. The molecular weight excluding hydrogens is 772 g/mol. The SMILES string of the molecule is O=C(CN(C(=O)c1ccc(Cl)cc1Cl)N1C(=O)[C@@H]2[C@H](C1=O)[C@@]1(Cl)C(Cl)=C(Cl)[C@@]2(Cl)C1(Cl)Cl)c1ccc(OC(=O)c2ccco2)cc1. The highest BCUT2D eigenvalue weighted by atomic mass is 35.5. The Hall–Kier alpha value is -2.47. The highest BCUT2D eigenvalue weighted by molar-refractivity contribution is 6.66. The van der Waals surface area contributed by atoms with E-state index in [4.69, 9.17) is 102 Å². The van der Waals surface area contributed by atoms with Crippen molar-refractivity contribution in [3.8, 4) is 5.75 Å². The van der Waals surface area contributed by atoms with Gasteiger partial charge in [0.2, 0.25) is 5.76 Å². The van der Waals surface area contributed by atoms with Gasteiger partial charge >= 0.3 is 5.97 Å². The molecule has 9 nitrogen and oxygen atoms in total. The quantitative estimate of drug-likeness (QED) is 0.0802. The van der Waals surface area contributed by atoms with Crippen LogP contribution in [-0.4, -0.2) is 60.1 Å². The van der Waals surface area contributed by atoms with Crippen molar-refractivity contribution in [2.24, 2.45) is 11.8 Å². The van der Waals surface area contributed by atoms with Gasteiger partial charge in [0, 0.05) is 10.6 Å². The number of esters is 1. The standard InChI is InChI=1S/C29H14Cl8N2O7/c30-13-5-8-15(16(31)10-13)23(41)38(11-17(40)12-3-6-14(7-4-12)46-26(44)18-2-1-9-45-18)39-24(42)19-20(25(39)43)28(35)22(33)21(32)27(19,34)29(28,36)37/h1-10,19-20H,11H2/t19-,20+,27-,28-/m1/s1. The lowest BCUT2D eigenvalue weighted by Gasteiger charge is -2.36. The summed E-state index contributed by atoms with van der Waals surface area (Å²) in [7, 11) is 0. The molecule has 3 aliphatic rings. The van der Waals surface area contributed by atoms with Crippen LogP contribution in [0.2, 0.25) is 10.0 Å². The summed E-state index contributed by atoms with van der Waals surface area (Å²) < 4.78 is 8.01. The predicted molar refractivity (Wildman–Crippen MR) is 171 cm³/mol. The molecule has 1 aliphatic heterocycles. The topological polar surface area (TPSA) is 114 Å². The van der Waals surface area contributed by atoms with E-state index in [0.717, 1.165) is 0 Å². The van der Waals surface area contributed by atoms with Gasteiger partial charge in [-0.05, 0) is 54.6 Å². The fourth-order valence-corrected chi connectivity index (χ4v) is 9.16. The second-order valence-electron chi connectivity index (χ2n) is 10.4. The number of imide groups is 1. The first-order chi connectivity index (χ1) is 21.6. The number of Topliss-reactive ketones (excluding diaryl/α,β-unsaturated/α-hetero) is 1. The molecule has 6 rings (SSSR count). The minimum Gasteiger partial charge on any atom is -0.457 e. The van der Waals surface area contributed by atoms with E-state index >= 15 is 0 Å². The molecule has 17 heteroatoms. The van der Waals surface area contributed by atoms with Crippen LogP contribution in [-0.2, 0) is 9.59 Å². The van der Waals surface area contributed by atoms with Crippen LogP contribution in [0.5, 0.6) is 5.75 Å². The number of allylic oxidation sites excluding steroid dienone is 2. The molecule has 2 aromatic carbocycles. The fraction of sp³-hybridized carbons (Fsp3) is 0.207. The molecule has 2 aliphatic carbocycles. The minimum atomic E-state index is -2.21. The smallest absolute Gasteiger partial charge is 0.379 e. The van der Waals surface area contributed by atoms with E-state index < -0.39 is 61.9 Å². The Morgan fingerprint density at radius 2 is 1.43 bits per heavy atom. The first-order valence-electron chi connectivity index (χ1n) is 12.9. The Morgan fingerprint density at radius 1 is 0.848 bits per heavy atom. The van der Waals surface area contributed by atoms with Crippen LogP contribution in [0.3, 0.4) is 0 Å². The number of ketones is 1. The molecule has 1 saturated carbocycles. The molecule has 2 fully saturated rings. The molecule has 0 radical (unpaired) electrons. The van der Waals surface area contributed by atoms with Gasteiger partial charge in [0.25, 0.3) is 17.7 Å². The lowest BCUT2D eigenvalue weighted by atomic mass is 9.84. The first-order valence-corrected chi connectivity index (χ1v) is 15.9. The van der Waals surface area contributed by atoms with Crippen LogP contribution >= 0.6 is 92.8 Å². The van der Waals surface area contributed by atoms with Crippen molar-refractivity contribution in [1.82, 2.24) is 10.0 Å². The van der Waals surface area contributed by atoms with E-state index in [9.17, 15) is 24.0 Å². The van der Waals surface area contributed by atoms with E-state index in [1.807, 2.05) is 0 Å². The highest BCUT2D eigenvalue weighted by Gasteiger charge is 2.88. The number of halogens is 8. The van der Waals surface area contributed by atoms with Gasteiger partial charge in [0.1, 0.15) is 22.0 Å². The maximum absolute atomic E-state index is 14.1. The highest BCUT2D eigenvalue weighted by Crippen LogP contribution is 2.77. The summed E-state index contributed by atoms with van der Waals surface area (Å²) in [6.45, 7) is -0.855. The number of carbonyl (C=O) groups is 5. The van der Waals surface area contributed by atoms with Crippen molar-refractivity contribution in [2.75, 3.05) is 6.54 Å². The van der Waals surface area contributed by atoms with Gasteiger partial charge in [0.15, 0.2) is 10.1 Å². The van der Waals surface area contributed by atoms with Crippen LogP contribution in [0.1, 0.15) is 31.3 Å². The summed E-state index contributed by atoms with van der Waals surface area (Å²) >= 11 is 51.8. The molecular formula is C29H14Cl8N2O7. The van der Waals surface area contributed by atoms with Crippen molar-refractivity contribution < 1.29 is 33.1 Å². The van der Waals surface area contributed by atoms with Gasteiger partial charge in [-0.1, -0.05) is 69.6 Å². The summed E-state index contributed by atoms with van der Waals surface area (Å²) in [5.74, 6) is -7.75. The number of hydrogen-bond acceptors (Lipinski definition) is 7. The van der Waals surface area contributed by atoms with Crippen molar-refractivity contribution in [2.45, 2.75) is 14.1 Å². The number of benzene rings is 2. The average Bonchev–Trinajstić information content (AvgIpc) is 3.69. The summed E-state index contributed by atoms with van der Waals surface area (Å²) in [4.78, 5) is 63.6. The van der Waals surface area contributed by atoms with Crippen LogP contribution < -0.4 is 4.74 Å². The van der Waals surface area contributed by atoms with Crippen LogP contribution in [0.25, 0.3) is 0 Å². The molecule has 1 saturated heterocycles. The number of ether oxygens (including phenoxy) is 1. The lowest BCUT2D eigenvalue weighted by molar-refractivity contribution is -0.154. The molecule has 46 heavy (non-hydrogen) atoms. The number of furan rings is 1. The van der Waals surface area contributed by atoms with Gasteiger partial charge < -0.3 is 9.15 Å². The Morgan fingerprint density at radius 3 is 1.96 bits per heavy atom. The lowest BCUT2D eigenvalue weighted by Crippen LogP contribution is -2.56. The number of alkyl halides is 4. The third-order valence-electron chi connectivity index (χ3n) is 7.93. The van der Waals surface area contributed by atoms with Gasteiger partial charge in [-0.25, -0.2) is 9.80 Å². The monoisotopic (exact) mass is 782 g/mol. The van der Waals surface area contributed by atoms with Crippen LogP contribution in [0.15, 0.2) is 75.3 Å². The normalized spacial score (nSPS) is 26.0. The zero-order valence-electron chi connectivity index (χ0n) is 22.4. The van der Waals surface area contributed by atoms with E-state index in [0.29, 0.717) is 10.0 Å². The van der Waals surface area contributed by atoms with Gasteiger partial charge in [-0.3, -0.25) is 19.2 Å². The fourth-order valence-electron chi connectivity index (χ4n) is 5.74. The second-order valence-corrected chi connectivity index (χ2v) is 14.5. The number of rotatable bonds is 7. The number of hydrogen-bond donors (Lipinski definition) is 0. The van der Waals surface area contributed by atoms with Crippen molar-refractivity contribution in [3.05, 3.63) is 97.9 Å². The van der Waals surface area contributed by atoms with Gasteiger partial charge in [-0.15, -0.1) is 23.2 Å². The molecule has 1 aromatic heterocycles. The molecule has 238 valence electrons. The largest absolute Gasteiger partial charge is 0.457 e. The maximum Gasteiger partial charge on any atom is 0.379 e. The predicted octanol–water partition coefficient (Wildman–Crippen LogP) is 7.49. The third-order valence-corrected chi connectivity index (χ3v) is 12.7. The number of amides is 3. The number of hydrazine groups is 1. The summed E-state index contributed by atoms with van der Waals surface area (Å²) in [6.07, 6.45) is 1.30. The Labute approximate surface area is 299 Å². The summed E-state index contributed by atoms with van der Waals surface area (Å²) in [6, 6.07) is 12.1. The molecule has 2 bridgehead atoms. The minimum absolute atomic E-state index is 0.0214. The number of fused-ring (bicyclic) bond motifs is 5. The molecule has 0 N–H and O–H groups in total. The Balaban J connectivity index is 1.35. The molecule has 0 unspecified atom stereocenters. The van der Waals surface area contributed by atoms with Crippen molar-refractivity contribution >= 4 is 122 Å². The van der Waals surface area contributed by atoms with Crippen LogP contribution in [0.4, 0.5) is 0 Å². The molecule has 4 atom stereocenters. The number of carbonyl (C=O) groups excluding carboxylic acids is 5. The zero-order valence-corrected chi connectivity index (χ0v) is 28.5. The number of nitrogens with zero attached hydrogens (tertiary/aromatic N) is 2. The molecule has 0 spiro atoms. The first kappa shape index (κ1) is 33.4. The van der Waals surface area contributed by atoms with Crippen molar-refractivity contribution in [1.29, 1.82) is 0 Å². The molecule has 3 amide bonds. The van der Waals surface area contributed by atoms with E-state index in [1.54, 1.807) is 0 Å². The van der Waals surface area contributed by atoms with Crippen molar-refractivity contribution in [3.63, 3.8) is 0 Å². The Bertz CT molecular complexity index is 1830. The third kappa shape index (κ3) is 4.62. The average molecular weight is 786 g/mol. The Kier molecular flexibility index (Phi) is 8.43. The van der Waals surface area contributed by atoms with Crippen LogP contribution in [0, 0.1) is 11.8 Å². The maximum atomic E-state index is 14.1. The van der Waals surface area contributed by atoms with E-state index in [1.165, 1.54) is 60.9 Å².